The first-order chi connectivity index (χ1) is 6.33. The molecule has 0 spiro atoms. The molecule has 1 aromatic carbocycles. The van der Waals surface area contributed by atoms with Gasteiger partial charge in [0.1, 0.15) is 0 Å². The van der Waals surface area contributed by atoms with Crippen LogP contribution < -0.4 is 0 Å². The van der Waals surface area contributed by atoms with Crippen LogP contribution in [-0.2, 0) is 7.05 Å². The highest BCUT2D eigenvalue weighted by atomic mass is 14.9. The highest BCUT2D eigenvalue weighted by Gasteiger charge is 2.01. The topological polar surface area (TPSA) is 4.93 Å². The Morgan fingerprint density at radius 1 is 1.23 bits per heavy atom. The fourth-order valence-electron chi connectivity index (χ4n) is 1.69. The van der Waals surface area contributed by atoms with Crippen LogP contribution in [0.25, 0.3) is 17.0 Å². The third-order valence-electron chi connectivity index (χ3n) is 2.27. The second kappa shape index (κ2) is 3.09. The van der Waals surface area contributed by atoms with E-state index in [9.17, 15) is 0 Å². The second-order valence-corrected chi connectivity index (χ2v) is 3.21. The minimum absolute atomic E-state index is 1.29. The van der Waals surface area contributed by atoms with Gasteiger partial charge in [-0.05, 0) is 18.6 Å². The molecule has 1 heteroatoms. The van der Waals surface area contributed by atoms with Crippen molar-refractivity contribution in [1.82, 2.24) is 4.57 Å². The number of fused-ring (bicyclic) bond motifs is 1. The average Bonchev–Trinajstić information content (AvgIpc) is 2.46. The maximum absolute atomic E-state index is 2.16. The van der Waals surface area contributed by atoms with Gasteiger partial charge in [0.25, 0.3) is 0 Å². The summed E-state index contributed by atoms with van der Waals surface area (Å²) in [4.78, 5) is 0. The molecular formula is C12H13N. The van der Waals surface area contributed by atoms with E-state index in [1.54, 1.807) is 0 Å². The Kier molecular flexibility index (Phi) is 1.93. The van der Waals surface area contributed by atoms with Gasteiger partial charge in [-0.25, -0.2) is 0 Å². The van der Waals surface area contributed by atoms with Crippen LogP contribution in [0.3, 0.4) is 0 Å². The van der Waals surface area contributed by atoms with Crippen molar-refractivity contribution in [2.45, 2.75) is 6.92 Å². The lowest BCUT2D eigenvalue weighted by Crippen LogP contribution is -1.81. The minimum Gasteiger partial charge on any atom is -0.350 e. The van der Waals surface area contributed by atoms with Crippen LogP contribution in [0.1, 0.15) is 12.5 Å². The van der Waals surface area contributed by atoms with E-state index in [4.69, 9.17) is 0 Å². The maximum atomic E-state index is 2.16. The summed E-state index contributed by atoms with van der Waals surface area (Å²) in [6, 6.07) is 8.45. The molecule has 0 atom stereocenters. The number of para-hydroxylation sites is 1. The van der Waals surface area contributed by atoms with Gasteiger partial charge in [0.05, 0.1) is 0 Å². The predicted octanol–water partition coefficient (Wildman–Crippen LogP) is 3.21. The predicted molar refractivity (Wildman–Crippen MR) is 57.6 cm³/mol. The van der Waals surface area contributed by atoms with Gasteiger partial charge in [0, 0.05) is 24.1 Å². The van der Waals surface area contributed by atoms with Gasteiger partial charge in [-0.1, -0.05) is 30.4 Å². The number of aryl methyl sites for hydroxylation is 1. The number of nitrogens with zero attached hydrogens (tertiary/aromatic N) is 1. The number of rotatable bonds is 1. The molecule has 0 aliphatic rings. The van der Waals surface area contributed by atoms with Crippen LogP contribution in [0.2, 0.25) is 0 Å². The minimum atomic E-state index is 1.29. The summed E-state index contributed by atoms with van der Waals surface area (Å²) in [6.45, 7) is 2.04. The van der Waals surface area contributed by atoms with E-state index < -0.39 is 0 Å². The quantitative estimate of drug-likeness (QED) is 0.621. The Morgan fingerprint density at radius 2 is 2.00 bits per heavy atom. The normalized spacial score (nSPS) is 11.5. The van der Waals surface area contributed by atoms with Crippen LogP contribution in [0, 0.1) is 0 Å². The van der Waals surface area contributed by atoms with Crippen molar-refractivity contribution >= 4 is 17.0 Å². The maximum Gasteiger partial charge on any atom is 0.0483 e. The third-order valence-corrected chi connectivity index (χ3v) is 2.27. The highest BCUT2D eigenvalue weighted by Crippen LogP contribution is 2.20. The fourth-order valence-corrected chi connectivity index (χ4v) is 1.69. The SMILES string of the molecule is C/C=C\c1cn(C)c2ccccc12. The molecule has 1 heterocycles. The molecule has 0 saturated carbocycles. The lowest BCUT2D eigenvalue weighted by molar-refractivity contribution is 0.968. The molecule has 0 aliphatic heterocycles. The lowest BCUT2D eigenvalue weighted by Gasteiger charge is -1.92. The summed E-state index contributed by atoms with van der Waals surface area (Å²) in [5, 5.41) is 1.32. The summed E-state index contributed by atoms with van der Waals surface area (Å²) in [5.41, 5.74) is 2.58. The summed E-state index contributed by atoms with van der Waals surface area (Å²) >= 11 is 0. The Labute approximate surface area is 78.3 Å². The van der Waals surface area contributed by atoms with E-state index in [1.165, 1.54) is 16.5 Å². The van der Waals surface area contributed by atoms with Crippen molar-refractivity contribution in [1.29, 1.82) is 0 Å². The van der Waals surface area contributed by atoms with Crippen LogP contribution in [0.5, 0.6) is 0 Å². The van der Waals surface area contributed by atoms with Gasteiger partial charge in [0.15, 0.2) is 0 Å². The number of hydrogen-bond acceptors (Lipinski definition) is 0. The zero-order valence-electron chi connectivity index (χ0n) is 7.99. The van der Waals surface area contributed by atoms with Gasteiger partial charge in [-0.2, -0.15) is 0 Å². The van der Waals surface area contributed by atoms with Crippen LogP contribution in [0.15, 0.2) is 36.5 Å². The first-order valence-electron chi connectivity index (χ1n) is 4.49. The Hall–Kier alpha value is -1.50. The van der Waals surface area contributed by atoms with Gasteiger partial charge in [-0.3, -0.25) is 0 Å². The number of allylic oxidation sites excluding steroid dienone is 1. The molecule has 0 saturated heterocycles. The number of hydrogen-bond donors (Lipinski definition) is 0. The summed E-state index contributed by atoms with van der Waals surface area (Å²) < 4.78 is 2.16. The number of aromatic nitrogens is 1. The molecule has 0 aliphatic carbocycles. The molecule has 0 N–H and O–H groups in total. The fraction of sp³-hybridized carbons (Fsp3) is 0.167. The van der Waals surface area contributed by atoms with E-state index in [0.29, 0.717) is 0 Å². The highest BCUT2D eigenvalue weighted by molar-refractivity contribution is 5.89. The van der Waals surface area contributed by atoms with E-state index >= 15 is 0 Å². The molecular weight excluding hydrogens is 158 g/mol. The molecule has 2 aromatic rings. The van der Waals surface area contributed by atoms with Gasteiger partial charge >= 0.3 is 0 Å². The van der Waals surface area contributed by atoms with E-state index in [0.717, 1.165) is 0 Å². The molecule has 0 unspecified atom stereocenters. The van der Waals surface area contributed by atoms with Crippen molar-refractivity contribution in [3.8, 4) is 0 Å². The van der Waals surface area contributed by atoms with E-state index in [1.807, 2.05) is 6.92 Å². The Bertz CT molecular complexity index is 449. The van der Waals surface area contributed by atoms with Crippen molar-refractivity contribution < 1.29 is 0 Å². The summed E-state index contributed by atoms with van der Waals surface area (Å²) in [5.74, 6) is 0. The van der Waals surface area contributed by atoms with Gasteiger partial charge in [-0.15, -0.1) is 0 Å². The smallest absolute Gasteiger partial charge is 0.0483 e. The van der Waals surface area contributed by atoms with E-state index in [-0.39, 0.29) is 0 Å². The molecule has 0 bridgehead atoms. The molecule has 0 fully saturated rings. The van der Waals surface area contributed by atoms with Crippen LogP contribution >= 0.6 is 0 Å². The van der Waals surface area contributed by atoms with Crippen molar-refractivity contribution in [2.75, 3.05) is 0 Å². The first kappa shape index (κ1) is 8.11. The number of benzene rings is 1. The molecule has 1 nitrogen and oxygen atoms in total. The first-order valence-corrected chi connectivity index (χ1v) is 4.49. The van der Waals surface area contributed by atoms with Crippen molar-refractivity contribution in [2.24, 2.45) is 7.05 Å². The second-order valence-electron chi connectivity index (χ2n) is 3.21. The lowest BCUT2D eigenvalue weighted by atomic mass is 10.2. The average molecular weight is 171 g/mol. The van der Waals surface area contributed by atoms with Gasteiger partial charge in [0.2, 0.25) is 0 Å². The van der Waals surface area contributed by atoms with Crippen LogP contribution in [0.4, 0.5) is 0 Å². The Balaban J connectivity index is 2.77. The summed E-state index contributed by atoms with van der Waals surface area (Å²) in [6.07, 6.45) is 6.37. The zero-order chi connectivity index (χ0) is 9.26. The van der Waals surface area contributed by atoms with Crippen molar-refractivity contribution in [3.05, 3.63) is 42.1 Å². The standard InChI is InChI=1S/C12H13N/c1-3-6-10-9-13(2)12-8-5-4-7-11(10)12/h3-9H,1-2H3/b6-3-. The Morgan fingerprint density at radius 3 is 2.77 bits per heavy atom. The van der Waals surface area contributed by atoms with Crippen LogP contribution in [-0.4, -0.2) is 4.57 Å². The molecule has 66 valence electrons. The van der Waals surface area contributed by atoms with Crippen molar-refractivity contribution in [3.63, 3.8) is 0 Å². The molecule has 2 rings (SSSR count). The van der Waals surface area contributed by atoms with Gasteiger partial charge < -0.3 is 4.57 Å². The van der Waals surface area contributed by atoms with E-state index in [2.05, 4.69) is 54.2 Å². The zero-order valence-corrected chi connectivity index (χ0v) is 7.99. The summed E-state index contributed by atoms with van der Waals surface area (Å²) in [7, 11) is 2.08. The molecule has 13 heavy (non-hydrogen) atoms. The third kappa shape index (κ3) is 1.26. The largest absolute Gasteiger partial charge is 0.350 e. The molecule has 0 radical (unpaired) electrons. The molecule has 0 amide bonds. The monoisotopic (exact) mass is 171 g/mol. The molecule has 1 aromatic heterocycles.